The molecule has 1 aromatic carbocycles. The molecule has 0 aliphatic heterocycles. The van der Waals surface area contributed by atoms with E-state index in [1.807, 2.05) is 12.1 Å². The van der Waals surface area contributed by atoms with Crippen molar-refractivity contribution in [2.24, 2.45) is 5.92 Å². The Bertz CT molecular complexity index is 369. The van der Waals surface area contributed by atoms with Crippen molar-refractivity contribution < 1.29 is 5.11 Å². The molecule has 19 heavy (non-hydrogen) atoms. The lowest BCUT2D eigenvalue weighted by atomic mass is 9.87. The number of aliphatic hydroxyl groups excluding tert-OH is 1. The SMILES string of the molecule is CCCCCC(O)CC(c1ccc(Cl)cc1)C1CC1. The second kappa shape index (κ2) is 7.31. The molecule has 0 bridgehead atoms. The third kappa shape index (κ3) is 4.81. The normalized spacial score (nSPS) is 18.3. The van der Waals surface area contributed by atoms with Gasteiger partial charge in [-0.05, 0) is 55.2 Å². The van der Waals surface area contributed by atoms with E-state index in [1.165, 1.54) is 31.2 Å². The van der Waals surface area contributed by atoms with Gasteiger partial charge in [-0.25, -0.2) is 0 Å². The van der Waals surface area contributed by atoms with Crippen LogP contribution in [0.25, 0.3) is 0 Å². The van der Waals surface area contributed by atoms with E-state index in [2.05, 4.69) is 19.1 Å². The topological polar surface area (TPSA) is 20.2 Å². The van der Waals surface area contributed by atoms with E-state index >= 15 is 0 Å². The zero-order valence-electron chi connectivity index (χ0n) is 11.8. The molecule has 0 radical (unpaired) electrons. The monoisotopic (exact) mass is 280 g/mol. The molecule has 0 amide bonds. The van der Waals surface area contributed by atoms with Crippen LogP contribution in [0.3, 0.4) is 0 Å². The molecule has 2 unspecified atom stereocenters. The Morgan fingerprint density at radius 2 is 1.89 bits per heavy atom. The van der Waals surface area contributed by atoms with E-state index < -0.39 is 0 Å². The highest BCUT2D eigenvalue weighted by molar-refractivity contribution is 6.30. The highest BCUT2D eigenvalue weighted by Crippen LogP contribution is 2.45. The molecule has 2 atom stereocenters. The maximum atomic E-state index is 10.2. The fourth-order valence-electron chi connectivity index (χ4n) is 2.85. The van der Waals surface area contributed by atoms with Crippen LogP contribution in [0.5, 0.6) is 0 Å². The van der Waals surface area contributed by atoms with Gasteiger partial charge in [-0.3, -0.25) is 0 Å². The lowest BCUT2D eigenvalue weighted by Crippen LogP contribution is -2.14. The van der Waals surface area contributed by atoms with Gasteiger partial charge in [-0.2, -0.15) is 0 Å². The van der Waals surface area contributed by atoms with Crippen molar-refractivity contribution in [2.75, 3.05) is 0 Å². The molecule has 1 aromatic rings. The van der Waals surface area contributed by atoms with Gasteiger partial charge in [0, 0.05) is 5.02 Å². The third-order valence-electron chi connectivity index (χ3n) is 4.16. The van der Waals surface area contributed by atoms with Gasteiger partial charge in [0.1, 0.15) is 0 Å². The van der Waals surface area contributed by atoms with Crippen LogP contribution in [0.1, 0.15) is 63.4 Å². The molecular formula is C17H25ClO. The van der Waals surface area contributed by atoms with Gasteiger partial charge in [-0.15, -0.1) is 0 Å². The zero-order valence-corrected chi connectivity index (χ0v) is 12.6. The van der Waals surface area contributed by atoms with E-state index in [1.54, 1.807) is 0 Å². The van der Waals surface area contributed by atoms with Crippen molar-refractivity contribution in [2.45, 2.75) is 63.9 Å². The van der Waals surface area contributed by atoms with Crippen LogP contribution in [0.4, 0.5) is 0 Å². The van der Waals surface area contributed by atoms with Crippen molar-refractivity contribution in [1.82, 2.24) is 0 Å². The number of unbranched alkanes of at least 4 members (excludes halogenated alkanes) is 2. The average Bonchev–Trinajstić information content (AvgIpc) is 3.22. The Morgan fingerprint density at radius 1 is 1.21 bits per heavy atom. The summed E-state index contributed by atoms with van der Waals surface area (Å²) in [5.41, 5.74) is 1.35. The third-order valence-corrected chi connectivity index (χ3v) is 4.41. The van der Waals surface area contributed by atoms with Gasteiger partial charge in [0.25, 0.3) is 0 Å². The summed E-state index contributed by atoms with van der Waals surface area (Å²) in [6, 6.07) is 8.19. The summed E-state index contributed by atoms with van der Waals surface area (Å²) in [5, 5.41) is 11.0. The Labute approximate surface area is 122 Å². The van der Waals surface area contributed by atoms with Gasteiger partial charge >= 0.3 is 0 Å². The lowest BCUT2D eigenvalue weighted by Gasteiger charge is -2.20. The number of benzene rings is 1. The maximum absolute atomic E-state index is 10.2. The minimum absolute atomic E-state index is 0.146. The molecule has 0 spiro atoms. The Morgan fingerprint density at radius 3 is 2.47 bits per heavy atom. The van der Waals surface area contributed by atoms with Crippen molar-refractivity contribution in [3.63, 3.8) is 0 Å². The molecule has 0 saturated heterocycles. The smallest absolute Gasteiger partial charge is 0.0546 e. The van der Waals surface area contributed by atoms with Gasteiger partial charge in [-0.1, -0.05) is 49.9 Å². The van der Waals surface area contributed by atoms with Crippen LogP contribution < -0.4 is 0 Å². The first-order chi connectivity index (χ1) is 9.20. The summed E-state index contributed by atoms with van der Waals surface area (Å²) < 4.78 is 0. The molecule has 1 aliphatic rings. The Kier molecular flexibility index (Phi) is 5.72. The second-order valence-corrected chi connectivity index (χ2v) is 6.32. The Balaban J connectivity index is 1.91. The summed E-state index contributed by atoms with van der Waals surface area (Å²) in [4.78, 5) is 0. The first kappa shape index (κ1) is 14.9. The second-order valence-electron chi connectivity index (χ2n) is 5.88. The van der Waals surface area contributed by atoms with Crippen LogP contribution in [0.2, 0.25) is 5.02 Å². The average molecular weight is 281 g/mol. The number of hydrogen-bond acceptors (Lipinski definition) is 1. The summed E-state index contributed by atoms with van der Waals surface area (Å²) in [6.45, 7) is 2.20. The predicted molar refractivity (Wildman–Crippen MR) is 81.7 cm³/mol. The minimum Gasteiger partial charge on any atom is -0.393 e. The largest absolute Gasteiger partial charge is 0.393 e. The molecular weight excluding hydrogens is 256 g/mol. The summed E-state index contributed by atoms with van der Waals surface area (Å²) in [6.07, 6.45) is 7.94. The number of rotatable bonds is 8. The van der Waals surface area contributed by atoms with E-state index in [0.717, 1.165) is 30.2 Å². The molecule has 106 valence electrons. The summed E-state index contributed by atoms with van der Waals surface area (Å²) in [5.74, 6) is 1.30. The zero-order chi connectivity index (χ0) is 13.7. The van der Waals surface area contributed by atoms with Crippen LogP contribution in [0, 0.1) is 5.92 Å². The lowest BCUT2D eigenvalue weighted by molar-refractivity contribution is 0.138. The fraction of sp³-hybridized carbons (Fsp3) is 0.647. The summed E-state index contributed by atoms with van der Waals surface area (Å²) >= 11 is 5.95. The van der Waals surface area contributed by atoms with Gasteiger partial charge in [0.15, 0.2) is 0 Å². The molecule has 1 saturated carbocycles. The minimum atomic E-state index is -0.146. The first-order valence-corrected chi connectivity index (χ1v) is 8.02. The van der Waals surface area contributed by atoms with Crippen molar-refractivity contribution in [3.05, 3.63) is 34.9 Å². The van der Waals surface area contributed by atoms with Gasteiger partial charge in [0.05, 0.1) is 6.10 Å². The van der Waals surface area contributed by atoms with Crippen LogP contribution >= 0.6 is 11.6 Å². The van der Waals surface area contributed by atoms with Crippen molar-refractivity contribution >= 4 is 11.6 Å². The van der Waals surface area contributed by atoms with Crippen LogP contribution in [-0.4, -0.2) is 11.2 Å². The maximum Gasteiger partial charge on any atom is 0.0546 e. The molecule has 1 nitrogen and oxygen atoms in total. The van der Waals surface area contributed by atoms with Crippen molar-refractivity contribution in [1.29, 1.82) is 0 Å². The molecule has 1 aliphatic carbocycles. The highest BCUT2D eigenvalue weighted by atomic mass is 35.5. The van der Waals surface area contributed by atoms with E-state index in [-0.39, 0.29) is 6.10 Å². The molecule has 2 rings (SSSR count). The first-order valence-electron chi connectivity index (χ1n) is 7.64. The van der Waals surface area contributed by atoms with Gasteiger partial charge in [0.2, 0.25) is 0 Å². The van der Waals surface area contributed by atoms with Gasteiger partial charge < -0.3 is 5.11 Å². The fourth-order valence-corrected chi connectivity index (χ4v) is 2.98. The van der Waals surface area contributed by atoms with E-state index in [9.17, 15) is 5.11 Å². The number of aliphatic hydroxyl groups is 1. The predicted octanol–water partition coefficient (Wildman–Crippen LogP) is 5.16. The van der Waals surface area contributed by atoms with Crippen LogP contribution in [-0.2, 0) is 0 Å². The number of hydrogen-bond donors (Lipinski definition) is 1. The van der Waals surface area contributed by atoms with E-state index in [0.29, 0.717) is 5.92 Å². The standard InChI is InChI=1S/C17H25ClO/c1-2-3-4-5-16(19)12-17(13-6-7-13)14-8-10-15(18)11-9-14/h8-11,13,16-17,19H,2-7,12H2,1H3. The van der Waals surface area contributed by atoms with Crippen LogP contribution in [0.15, 0.2) is 24.3 Å². The van der Waals surface area contributed by atoms with E-state index in [4.69, 9.17) is 11.6 Å². The molecule has 0 aromatic heterocycles. The molecule has 1 N–H and O–H groups in total. The highest BCUT2D eigenvalue weighted by Gasteiger charge is 2.33. The van der Waals surface area contributed by atoms with Crippen molar-refractivity contribution in [3.8, 4) is 0 Å². The molecule has 0 heterocycles. The molecule has 2 heteroatoms. The molecule has 1 fully saturated rings. The summed E-state index contributed by atoms with van der Waals surface area (Å²) in [7, 11) is 0. The Hall–Kier alpha value is -0.530. The number of halogens is 1. The quantitative estimate of drug-likeness (QED) is 0.652.